The van der Waals surface area contributed by atoms with Crippen LogP contribution in [0.1, 0.15) is 6.42 Å². The van der Waals surface area contributed by atoms with Crippen LogP contribution in [0.2, 0.25) is 0 Å². The molecular weight excluding hydrogens is 278 g/mol. The van der Waals surface area contributed by atoms with Gasteiger partial charge in [-0.25, -0.2) is 12.7 Å². The fourth-order valence-corrected chi connectivity index (χ4v) is 3.46. The Hall–Kier alpha value is -1.31. The number of para-hydroxylation sites is 1. The Morgan fingerprint density at radius 2 is 2.15 bits per heavy atom. The molecule has 0 spiro atoms. The number of hydrogen-bond donors (Lipinski definition) is 2. The summed E-state index contributed by atoms with van der Waals surface area (Å²) in [7, 11) is -0.576. The molecule has 0 radical (unpaired) electrons. The van der Waals surface area contributed by atoms with Crippen molar-refractivity contribution < 1.29 is 13.5 Å². The summed E-state index contributed by atoms with van der Waals surface area (Å²) in [4.78, 5) is 2.16. The smallest absolute Gasteiger partial charge is 0.244 e. The van der Waals surface area contributed by atoms with E-state index < -0.39 is 10.0 Å². The van der Waals surface area contributed by atoms with Crippen LogP contribution in [-0.4, -0.2) is 51.6 Å². The highest BCUT2D eigenvalue weighted by atomic mass is 32.2. The number of aliphatic hydroxyl groups excluding tert-OH is 1. The monoisotopic (exact) mass is 299 g/mol. The molecule has 1 fully saturated rings. The normalized spacial score (nSPS) is 19.8. The SMILES string of the molecule is CN(C)S(=O)(=O)c1cccc(N2CCC(CO)C2)c1N. The molecule has 1 atom stereocenters. The highest BCUT2D eigenvalue weighted by molar-refractivity contribution is 7.89. The van der Waals surface area contributed by atoms with Crippen molar-refractivity contribution in [3.05, 3.63) is 18.2 Å². The van der Waals surface area contributed by atoms with Crippen LogP contribution in [0.5, 0.6) is 0 Å². The number of anilines is 2. The van der Waals surface area contributed by atoms with Crippen molar-refractivity contribution in [1.82, 2.24) is 4.31 Å². The summed E-state index contributed by atoms with van der Waals surface area (Å²) >= 11 is 0. The summed E-state index contributed by atoms with van der Waals surface area (Å²) in [6.07, 6.45) is 0.889. The quantitative estimate of drug-likeness (QED) is 0.783. The standard InChI is InChI=1S/C13H21N3O3S/c1-15(2)20(18,19)12-5-3-4-11(13(12)14)16-7-6-10(8-16)9-17/h3-5,10,17H,6-9,14H2,1-2H3. The van der Waals surface area contributed by atoms with E-state index in [0.29, 0.717) is 6.54 Å². The van der Waals surface area contributed by atoms with E-state index in [1.165, 1.54) is 20.2 Å². The number of hydrogen-bond acceptors (Lipinski definition) is 5. The van der Waals surface area contributed by atoms with Crippen molar-refractivity contribution in [3.63, 3.8) is 0 Å². The number of sulfonamides is 1. The van der Waals surface area contributed by atoms with Crippen LogP contribution in [-0.2, 0) is 10.0 Å². The van der Waals surface area contributed by atoms with E-state index >= 15 is 0 Å². The zero-order chi connectivity index (χ0) is 14.9. The zero-order valence-electron chi connectivity index (χ0n) is 11.8. The number of nitrogens with two attached hydrogens (primary N) is 1. The molecule has 3 N–H and O–H groups in total. The van der Waals surface area contributed by atoms with Crippen molar-refractivity contribution in [1.29, 1.82) is 0 Å². The topological polar surface area (TPSA) is 86.9 Å². The van der Waals surface area contributed by atoms with Gasteiger partial charge in [0.15, 0.2) is 0 Å². The molecule has 1 unspecified atom stereocenters. The van der Waals surface area contributed by atoms with Crippen LogP contribution >= 0.6 is 0 Å². The van der Waals surface area contributed by atoms with Crippen LogP contribution in [0, 0.1) is 5.92 Å². The Bertz CT molecular complexity index is 587. The van der Waals surface area contributed by atoms with E-state index in [1.54, 1.807) is 6.07 Å². The number of nitrogen functional groups attached to an aromatic ring is 1. The first-order chi connectivity index (χ1) is 9.37. The highest BCUT2D eigenvalue weighted by Gasteiger charge is 2.27. The Morgan fingerprint density at radius 1 is 1.45 bits per heavy atom. The van der Waals surface area contributed by atoms with Gasteiger partial charge in [0.05, 0.1) is 11.4 Å². The van der Waals surface area contributed by atoms with Crippen LogP contribution < -0.4 is 10.6 Å². The minimum atomic E-state index is -3.55. The van der Waals surface area contributed by atoms with Gasteiger partial charge in [0, 0.05) is 39.7 Å². The lowest BCUT2D eigenvalue weighted by atomic mass is 10.1. The molecule has 1 aromatic rings. The molecule has 1 aliphatic rings. The van der Waals surface area contributed by atoms with E-state index in [-0.39, 0.29) is 23.1 Å². The average Bonchev–Trinajstić information content (AvgIpc) is 2.87. The van der Waals surface area contributed by atoms with Crippen molar-refractivity contribution in [2.24, 2.45) is 5.92 Å². The number of benzene rings is 1. The van der Waals surface area contributed by atoms with Gasteiger partial charge in [-0.15, -0.1) is 0 Å². The molecule has 1 aliphatic heterocycles. The lowest BCUT2D eigenvalue weighted by Crippen LogP contribution is -2.26. The molecule has 0 amide bonds. The van der Waals surface area contributed by atoms with Crippen LogP contribution in [0.3, 0.4) is 0 Å². The second-order valence-corrected chi connectivity index (χ2v) is 7.38. The third kappa shape index (κ3) is 2.61. The first-order valence-corrected chi connectivity index (χ1v) is 7.98. The van der Waals surface area contributed by atoms with Gasteiger partial charge in [-0.05, 0) is 18.6 Å². The molecule has 1 aromatic carbocycles. The Labute approximate surface area is 119 Å². The second kappa shape index (κ2) is 5.59. The first kappa shape index (κ1) is 15.1. The molecule has 20 heavy (non-hydrogen) atoms. The molecular formula is C13H21N3O3S. The summed E-state index contributed by atoms with van der Waals surface area (Å²) in [5.41, 5.74) is 7.07. The molecule has 1 heterocycles. The van der Waals surface area contributed by atoms with Crippen LogP contribution in [0.4, 0.5) is 11.4 Å². The van der Waals surface area contributed by atoms with Gasteiger partial charge in [0.2, 0.25) is 10.0 Å². The molecule has 0 aliphatic carbocycles. The van der Waals surface area contributed by atoms with Gasteiger partial charge >= 0.3 is 0 Å². The van der Waals surface area contributed by atoms with Gasteiger partial charge in [-0.2, -0.15) is 0 Å². The molecule has 7 heteroatoms. The highest BCUT2D eigenvalue weighted by Crippen LogP contribution is 2.33. The zero-order valence-corrected chi connectivity index (χ0v) is 12.6. The van der Waals surface area contributed by atoms with Crippen LogP contribution in [0.15, 0.2) is 23.1 Å². The molecule has 0 bridgehead atoms. The lowest BCUT2D eigenvalue weighted by Gasteiger charge is -2.23. The summed E-state index contributed by atoms with van der Waals surface area (Å²) in [6.45, 7) is 1.62. The fraction of sp³-hybridized carbons (Fsp3) is 0.538. The minimum Gasteiger partial charge on any atom is -0.396 e. The fourth-order valence-electron chi connectivity index (χ4n) is 2.43. The van der Waals surface area contributed by atoms with E-state index in [0.717, 1.165) is 23.0 Å². The van der Waals surface area contributed by atoms with Crippen molar-refractivity contribution in [3.8, 4) is 0 Å². The maximum atomic E-state index is 12.2. The minimum absolute atomic E-state index is 0.132. The van der Waals surface area contributed by atoms with Gasteiger partial charge in [0.1, 0.15) is 4.90 Å². The summed E-state index contributed by atoms with van der Waals surface area (Å²) in [5.74, 6) is 0.225. The van der Waals surface area contributed by atoms with Gasteiger partial charge in [-0.1, -0.05) is 6.07 Å². The Morgan fingerprint density at radius 3 is 2.70 bits per heavy atom. The Balaban J connectivity index is 2.39. The summed E-state index contributed by atoms with van der Waals surface area (Å²) in [6, 6.07) is 5.05. The maximum Gasteiger partial charge on any atom is 0.244 e. The second-order valence-electron chi connectivity index (χ2n) is 5.26. The van der Waals surface area contributed by atoms with Gasteiger partial charge in [0.25, 0.3) is 0 Å². The van der Waals surface area contributed by atoms with E-state index in [2.05, 4.69) is 0 Å². The predicted octanol–water partition coefficient (Wildman–Crippen LogP) is 0.338. The predicted molar refractivity (Wildman–Crippen MR) is 79.1 cm³/mol. The first-order valence-electron chi connectivity index (χ1n) is 6.54. The van der Waals surface area contributed by atoms with E-state index in [4.69, 9.17) is 5.73 Å². The maximum absolute atomic E-state index is 12.2. The number of rotatable bonds is 4. The van der Waals surface area contributed by atoms with E-state index in [9.17, 15) is 13.5 Å². The molecule has 6 nitrogen and oxygen atoms in total. The van der Waals surface area contributed by atoms with Crippen molar-refractivity contribution in [2.45, 2.75) is 11.3 Å². The Kier molecular flexibility index (Phi) is 4.22. The molecule has 0 aromatic heterocycles. The van der Waals surface area contributed by atoms with Crippen LogP contribution in [0.25, 0.3) is 0 Å². The number of aliphatic hydroxyl groups is 1. The van der Waals surface area contributed by atoms with Crippen molar-refractivity contribution >= 4 is 21.4 Å². The average molecular weight is 299 g/mol. The van der Waals surface area contributed by atoms with Crippen molar-refractivity contribution in [2.75, 3.05) is 44.4 Å². The summed E-state index contributed by atoms with van der Waals surface area (Å²) in [5, 5.41) is 9.20. The molecule has 2 rings (SSSR count). The largest absolute Gasteiger partial charge is 0.396 e. The summed E-state index contributed by atoms with van der Waals surface area (Å²) < 4.78 is 25.6. The third-order valence-corrected chi connectivity index (χ3v) is 5.56. The molecule has 0 saturated carbocycles. The lowest BCUT2D eigenvalue weighted by molar-refractivity contribution is 0.238. The van der Waals surface area contributed by atoms with Gasteiger partial charge in [-0.3, -0.25) is 0 Å². The molecule has 1 saturated heterocycles. The number of nitrogens with zero attached hydrogens (tertiary/aromatic N) is 2. The van der Waals surface area contributed by atoms with Gasteiger partial charge < -0.3 is 15.7 Å². The molecule has 112 valence electrons. The third-order valence-electron chi connectivity index (χ3n) is 3.69. The van der Waals surface area contributed by atoms with E-state index in [1.807, 2.05) is 11.0 Å².